The number of aromatic nitrogens is 3. The molecule has 2 aromatic rings. The van der Waals surface area contributed by atoms with Crippen LogP contribution in [0.15, 0.2) is 20.3 Å². The Morgan fingerprint density at radius 2 is 1.67 bits per heavy atom. The fourth-order valence-corrected chi connectivity index (χ4v) is 2.03. The fourth-order valence-electron chi connectivity index (χ4n) is 1.64. The fraction of sp³-hybridized carbons (Fsp3) is 0.333. The van der Waals surface area contributed by atoms with Gasteiger partial charge in [-0.25, -0.2) is 4.79 Å². The maximum absolute atomic E-state index is 11.8. The zero-order valence-corrected chi connectivity index (χ0v) is 10.2. The molecule has 2 aromatic heterocycles. The van der Waals surface area contributed by atoms with E-state index in [1.807, 2.05) is 0 Å². The number of halogens is 1. The lowest BCUT2D eigenvalue weighted by atomic mass is 10.4. The van der Waals surface area contributed by atoms with Crippen molar-refractivity contribution in [2.45, 2.75) is 0 Å². The van der Waals surface area contributed by atoms with E-state index in [2.05, 4.69) is 15.9 Å². The van der Waals surface area contributed by atoms with Crippen LogP contribution in [-0.2, 0) is 21.1 Å². The summed E-state index contributed by atoms with van der Waals surface area (Å²) in [6.45, 7) is 0. The van der Waals surface area contributed by atoms with Crippen molar-refractivity contribution in [3.05, 3.63) is 31.5 Å². The molecule has 0 amide bonds. The molecule has 80 valence electrons. The van der Waals surface area contributed by atoms with Crippen LogP contribution in [0.25, 0.3) is 11.0 Å². The van der Waals surface area contributed by atoms with E-state index in [0.717, 1.165) is 9.17 Å². The summed E-state index contributed by atoms with van der Waals surface area (Å²) < 4.78 is 5.06. The highest BCUT2D eigenvalue weighted by Gasteiger charge is 2.13. The van der Waals surface area contributed by atoms with Crippen LogP contribution in [0.1, 0.15) is 0 Å². The van der Waals surface area contributed by atoms with E-state index in [0.29, 0.717) is 11.0 Å². The molecule has 2 heterocycles. The summed E-state index contributed by atoms with van der Waals surface area (Å²) in [4.78, 5) is 23.5. The third-order valence-corrected chi connectivity index (χ3v) is 3.36. The molecule has 0 aromatic carbocycles. The lowest BCUT2D eigenvalue weighted by Gasteiger charge is -2.04. The Morgan fingerprint density at radius 1 is 1.07 bits per heavy atom. The van der Waals surface area contributed by atoms with Crippen LogP contribution >= 0.6 is 15.9 Å². The Bertz CT molecular complexity index is 663. The monoisotopic (exact) mass is 271 g/mol. The minimum absolute atomic E-state index is 0.277. The van der Waals surface area contributed by atoms with Gasteiger partial charge in [-0.3, -0.25) is 13.9 Å². The molecule has 0 atom stereocenters. The van der Waals surface area contributed by atoms with Crippen molar-refractivity contribution in [2.24, 2.45) is 21.1 Å². The zero-order valence-electron chi connectivity index (χ0n) is 8.61. The summed E-state index contributed by atoms with van der Waals surface area (Å²) in [5.41, 5.74) is 0.566. The SMILES string of the molecule is Cn1c(=O)c2c(cc(Br)n2C)n(C)c1=O. The highest BCUT2D eigenvalue weighted by Crippen LogP contribution is 2.18. The molecular formula is C9H10BrN3O2. The molecule has 0 aliphatic carbocycles. The lowest BCUT2D eigenvalue weighted by molar-refractivity contribution is 0.708. The summed E-state index contributed by atoms with van der Waals surface area (Å²) in [5.74, 6) is 0. The normalized spacial score (nSPS) is 11.2. The van der Waals surface area contributed by atoms with Crippen molar-refractivity contribution in [3.8, 4) is 0 Å². The first kappa shape index (κ1) is 10.2. The standard InChI is InChI=1S/C9H10BrN3O2/c1-11-5-4-6(10)12(2)7(5)8(14)13(3)9(11)15/h4H,1-3H3. The molecule has 0 radical (unpaired) electrons. The second kappa shape index (κ2) is 3.10. The number of rotatable bonds is 0. The third-order valence-electron chi connectivity index (χ3n) is 2.60. The molecule has 0 unspecified atom stereocenters. The molecule has 0 aliphatic rings. The molecule has 2 rings (SSSR count). The van der Waals surface area contributed by atoms with Crippen LogP contribution in [-0.4, -0.2) is 13.7 Å². The molecule has 0 fully saturated rings. The number of hydrogen-bond acceptors (Lipinski definition) is 2. The van der Waals surface area contributed by atoms with Gasteiger partial charge in [-0.2, -0.15) is 0 Å². The number of hydrogen-bond donors (Lipinski definition) is 0. The van der Waals surface area contributed by atoms with Gasteiger partial charge in [0.25, 0.3) is 5.56 Å². The maximum Gasteiger partial charge on any atom is 0.331 e. The molecular weight excluding hydrogens is 262 g/mol. The van der Waals surface area contributed by atoms with E-state index in [4.69, 9.17) is 0 Å². The third kappa shape index (κ3) is 1.21. The van der Waals surface area contributed by atoms with Gasteiger partial charge in [0.2, 0.25) is 0 Å². The lowest BCUT2D eigenvalue weighted by Crippen LogP contribution is -2.37. The van der Waals surface area contributed by atoms with Crippen molar-refractivity contribution >= 4 is 27.0 Å². The topological polar surface area (TPSA) is 48.9 Å². The molecule has 0 N–H and O–H groups in total. The molecule has 0 bridgehead atoms. The minimum atomic E-state index is -0.314. The van der Waals surface area contributed by atoms with Crippen molar-refractivity contribution < 1.29 is 0 Å². The van der Waals surface area contributed by atoms with Crippen LogP contribution in [0.5, 0.6) is 0 Å². The molecule has 0 spiro atoms. The Balaban J connectivity index is 3.23. The van der Waals surface area contributed by atoms with Crippen LogP contribution in [0.4, 0.5) is 0 Å². The van der Waals surface area contributed by atoms with Gasteiger partial charge < -0.3 is 4.57 Å². The van der Waals surface area contributed by atoms with Crippen LogP contribution in [0.3, 0.4) is 0 Å². The molecule has 6 heteroatoms. The highest BCUT2D eigenvalue weighted by atomic mass is 79.9. The molecule has 0 aliphatic heterocycles. The summed E-state index contributed by atoms with van der Waals surface area (Å²) in [7, 11) is 4.90. The van der Waals surface area contributed by atoms with Crippen molar-refractivity contribution in [3.63, 3.8) is 0 Å². The Labute approximate surface area is 93.7 Å². The minimum Gasteiger partial charge on any atom is -0.333 e. The Morgan fingerprint density at radius 3 is 2.27 bits per heavy atom. The number of aryl methyl sites for hydroxylation is 2. The summed E-state index contributed by atoms with van der Waals surface area (Å²) in [6, 6.07) is 1.76. The van der Waals surface area contributed by atoms with E-state index in [1.54, 1.807) is 24.7 Å². The van der Waals surface area contributed by atoms with Crippen molar-refractivity contribution in [1.82, 2.24) is 13.7 Å². The summed E-state index contributed by atoms with van der Waals surface area (Å²) >= 11 is 3.33. The molecule has 0 saturated carbocycles. The first-order chi connectivity index (χ1) is 6.95. The predicted octanol–water partition coefficient (Wildman–Crippen LogP) is 0.338. The van der Waals surface area contributed by atoms with Gasteiger partial charge in [0.05, 0.1) is 10.1 Å². The molecule has 0 saturated heterocycles. The van der Waals surface area contributed by atoms with Crippen molar-refractivity contribution in [1.29, 1.82) is 0 Å². The first-order valence-electron chi connectivity index (χ1n) is 4.36. The van der Waals surface area contributed by atoms with E-state index in [9.17, 15) is 9.59 Å². The second-order valence-electron chi connectivity index (χ2n) is 3.47. The Kier molecular flexibility index (Phi) is 2.11. The van der Waals surface area contributed by atoms with E-state index in [1.165, 1.54) is 11.6 Å². The summed E-state index contributed by atoms with van der Waals surface area (Å²) in [5, 5.41) is 0. The van der Waals surface area contributed by atoms with Crippen molar-refractivity contribution in [2.75, 3.05) is 0 Å². The number of nitrogens with zero attached hydrogens (tertiary/aromatic N) is 3. The predicted molar refractivity (Wildman–Crippen MR) is 61.1 cm³/mol. The van der Waals surface area contributed by atoms with Gasteiger partial charge in [0.1, 0.15) is 5.52 Å². The van der Waals surface area contributed by atoms with Gasteiger partial charge in [-0.15, -0.1) is 0 Å². The van der Waals surface area contributed by atoms with Gasteiger partial charge in [-0.1, -0.05) is 0 Å². The van der Waals surface area contributed by atoms with Crippen LogP contribution in [0.2, 0.25) is 0 Å². The molecule has 15 heavy (non-hydrogen) atoms. The smallest absolute Gasteiger partial charge is 0.331 e. The van der Waals surface area contributed by atoms with Gasteiger partial charge in [0.15, 0.2) is 0 Å². The van der Waals surface area contributed by atoms with E-state index in [-0.39, 0.29) is 11.2 Å². The average Bonchev–Trinajstić information content (AvgIpc) is 2.50. The first-order valence-corrected chi connectivity index (χ1v) is 5.15. The summed E-state index contributed by atoms with van der Waals surface area (Å²) in [6.07, 6.45) is 0. The molecule has 5 nitrogen and oxygen atoms in total. The number of fused-ring (bicyclic) bond motifs is 1. The van der Waals surface area contributed by atoms with Gasteiger partial charge in [0, 0.05) is 21.1 Å². The van der Waals surface area contributed by atoms with Crippen LogP contribution < -0.4 is 11.2 Å². The maximum atomic E-state index is 11.8. The largest absolute Gasteiger partial charge is 0.333 e. The average molecular weight is 272 g/mol. The highest BCUT2D eigenvalue weighted by molar-refractivity contribution is 9.10. The van der Waals surface area contributed by atoms with Gasteiger partial charge in [-0.05, 0) is 22.0 Å². The zero-order chi connectivity index (χ0) is 11.3. The van der Waals surface area contributed by atoms with Gasteiger partial charge >= 0.3 is 5.69 Å². The quantitative estimate of drug-likeness (QED) is 0.694. The second-order valence-corrected chi connectivity index (χ2v) is 4.28. The van der Waals surface area contributed by atoms with Crippen LogP contribution in [0, 0.1) is 0 Å². The van der Waals surface area contributed by atoms with E-state index >= 15 is 0 Å². The Hall–Kier alpha value is -1.30. The van der Waals surface area contributed by atoms with E-state index < -0.39 is 0 Å².